The van der Waals surface area contributed by atoms with Crippen molar-refractivity contribution in [3.8, 4) is 0 Å². The van der Waals surface area contributed by atoms with Crippen molar-refractivity contribution in [1.29, 1.82) is 0 Å². The molecule has 1 aliphatic rings. The number of carbonyl (C=O) groups excluding carboxylic acids is 1. The van der Waals surface area contributed by atoms with Gasteiger partial charge in [-0.2, -0.15) is 0 Å². The minimum Gasteiger partial charge on any atom is -0.394 e. The summed E-state index contributed by atoms with van der Waals surface area (Å²) in [7, 11) is 0. The van der Waals surface area contributed by atoms with Crippen LogP contribution in [0.25, 0.3) is 0 Å². The number of hydrogen-bond acceptors (Lipinski definition) is 10. The summed E-state index contributed by atoms with van der Waals surface area (Å²) in [6, 6.07) is -1.17. The Morgan fingerprint density at radius 2 is 0.707 bits per heavy atom. The first-order valence-corrected chi connectivity index (χ1v) is 36.1. The average molecular weight is 1170 g/mol. The SMILES string of the molecule is CCCCCCCCCCCCCCCCCC/C=C\CCCCCCCCCCCCCCCCCCC(O)C(=O)NC(COC1OC(CO)C(O)C(O)C1O)C(O)C(O)CCCCCCCCCCCCCCCCCCCCC. The fourth-order valence-corrected chi connectivity index (χ4v) is 12.0. The van der Waals surface area contributed by atoms with Crippen molar-refractivity contribution in [2.75, 3.05) is 13.2 Å². The van der Waals surface area contributed by atoms with E-state index in [1.807, 2.05) is 0 Å². The third-order valence-corrected chi connectivity index (χ3v) is 17.8. The second-order valence-electron chi connectivity index (χ2n) is 25.7. The van der Waals surface area contributed by atoms with Crippen LogP contribution in [0.3, 0.4) is 0 Å². The van der Waals surface area contributed by atoms with Gasteiger partial charge < -0.3 is 50.5 Å². The second-order valence-corrected chi connectivity index (χ2v) is 25.7. The van der Waals surface area contributed by atoms with Gasteiger partial charge in [0.2, 0.25) is 5.91 Å². The van der Waals surface area contributed by atoms with Gasteiger partial charge in [-0.1, -0.05) is 341 Å². The van der Waals surface area contributed by atoms with Gasteiger partial charge in [0.1, 0.15) is 36.6 Å². The van der Waals surface area contributed by atoms with Crippen LogP contribution in [0.2, 0.25) is 0 Å². The molecule has 9 unspecified atom stereocenters. The van der Waals surface area contributed by atoms with Crippen LogP contribution < -0.4 is 5.32 Å². The molecule has 1 fully saturated rings. The summed E-state index contributed by atoms with van der Waals surface area (Å²) in [6.45, 7) is 3.52. The average Bonchev–Trinajstić information content (AvgIpc) is 3.48. The van der Waals surface area contributed by atoms with E-state index in [-0.39, 0.29) is 6.42 Å². The molecule has 1 saturated heterocycles. The van der Waals surface area contributed by atoms with Crippen molar-refractivity contribution < 1.29 is 50.0 Å². The fraction of sp³-hybridized carbons (Fsp3) is 0.958. The lowest BCUT2D eigenvalue weighted by Crippen LogP contribution is -2.60. The van der Waals surface area contributed by atoms with Crippen LogP contribution >= 0.6 is 0 Å². The summed E-state index contributed by atoms with van der Waals surface area (Å²) in [5.41, 5.74) is 0. The van der Waals surface area contributed by atoms with Gasteiger partial charge in [-0.05, 0) is 38.5 Å². The number of rotatable bonds is 64. The summed E-state index contributed by atoms with van der Waals surface area (Å²) < 4.78 is 11.2. The maximum Gasteiger partial charge on any atom is 0.249 e. The number of allylic oxidation sites excluding steroid dienone is 2. The molecule has 1 heterocycles. The lowest BCUT2D eigenvalue weighted by molar-refractivity contribution is -0.303. The number of aliphatic hydroxyl groups is 7. The number of carbonyl (C=O) groups is 1. The summed E-state index contributed by atoms with van der Waals surface area (Å²) in [5.74, 6) is -0.689. The van der Waals surface area contributed by atoms with Crippen LogP contribution in [0, 0.1) is 0 Å². The lowest BCUT2D eigenvalue weighted by atomic mass is 9.98. The first-order valence-electron chi connectivity index (χ1n) is 36.1. The Morgan fingerprint density at radius 1 is 0.415 bits per heavy atom. The first kappa shape index (κ1) is 78.9. The zero-order chi connectivity index (χ0) is 59.6. The Hall–Kier alpha value is -1.15. The standard InChI is InChI=1S/C71H139NO10/c1-3-5-7-9-11-13-15-17-19-21-23-24-25-26-27-28-29-30-31-32-33-34-35-36-37-38-39-41-43-45-47-49-51-53-55-57-59-64(75)70(80)72-62(61-81-71-69(79)68(78)67(77)65(60-73)82-71)66(76)63(74)58-56-54-52-50-48-46-44-42-40-22-20-18-16-14-12-10-8-6-4-2/h30-31,62-69,71,73-79H,3-29,32-61H2,1-2H3,(H,72,80)/b31-30-. The molecule has 488 valence electrons. The molecule has 11 nitrogen and oxygen atoms in total. The van der Waals surface area contributed by atoms with Crippen LogP contribution in [-0.4, -0.2) is 110 Å². The molecule has 9 atom stereocenters. The molecule has 1 rings (SSSR count). The monoisotopic (exact) mass is 1170 g/mol. The molecule has 0 aromatic heterocycles. The molecule has 82 heavy (non-hydrogen) atoms. The van der Waals surface area contributed by atoms with E-state index in [2.05, 4.69) is 31.3 Å². The van der Waals surface area contributed by atoms with E-state index >= 15 is 0 Å². The Labute approximate surface area is 506 Å². The summed E-state index contributed by atoms with van der Waals surface area (Å²) in [5, 5.41) is 76.5. The van der Waals surface area contributed by atoms with E-state index in [4.69, 9.17) is 9.47 Å². The van der Waals surface area contributed by atoms with Crippen molar-refractivity contribution in [2.45, 2.75) is 422 Å². The maximum absolute atomic E-state index is 13.2. The van der Waals surface area contributed by atoms with E-state index in [1.54, 1.807) is 0 Å². The highest BCUT2D eigenvalue weighted by Gasteiger charge is 2.44. The van der Waals surface area contributed by atoms with Crippen LogP contribution in [0.4, 0.5) is 0 Å². The number of hydrogen-bond donors (Lipinski definition) is 8. The minimum atomic E-state index is -1.66. The van der Waals surface area contributed by atoms with E-state index < -0.39 is 74.2 Å². The summed E-state index contributed by atoms with van der Waals surface area (Å²) in [4.78, 5) is 13.2. The van der Waals surface area contributed by atoms with Crippen molar-refractivity contribution in [1.82, 2.24) is 5.32 Å². The molecular formula is C71H139NO10. The Morgan fingerprint density at radius 3 is 1.02 bits per heavy atom. The molecule has 0 bridgehead atoms. The zero-order valence-electron chi connectivity index (χ0n) is 54.0. The van der Waals surface area contributed by atoms with Crippen molar-refractivity contribution in [2.24, 2.45) is 0 Å². The molecule has 0 aromatic rings. The van der Waals surface area contributed by atoms with Gasteiger partial charge >= 0.3 is 0 Å². The van der Waals surface area contributed by atoms with Crippen LogP contribution in [0.1, 0.15) is 367 Å². The number of ether oxygens (including phenoxy) is 2. The smallest absolute Gasteiger partial charge is 0.249 e. The van der Waals surface area contributed by atoms with Gasteiger partial charge in [0.05, 0.1) is 25.4 Å². The van der Waals surface area contributed by atoms with Gasteiger partial charge in [-0.15, -0.1) is 0 Å². The normalized spacial score (nSPS) is 19.1. The van der Waals surface area contributed by atoms with Gasteiger partial charge in [0.25, 0.3) is 0 Å². The zero-order valence-corrected chi connectivity index (χ0v) is 54.0. The van der Waals surface area contributed by atoms with E-state index in [0.717, 1.165) is 38.5 Å². The molecule has 0 radical (unpaired) electrons. The molecule has 0 aromatic carbocycles. The van der Waals surface area contributed by atoms with Gasteiger partial charge in [-0.25, -0.2) is 0 Å². The molecule has 1 aliphatic heterocycles. The summed E-state index contributed by atoms with van der Waals surface area (Å²) in [6.07, 6.45) is 63.1. The molecule has 0 aliphatic carbocycles. The Balaban J connectivity index is 2.13. The second kappa shape index (κ2) is 60.1. The Kier molecular flexibility index (Phi) is 57.8. The molecule has 0 saturated carbocycles. The predicted octanol–water partition coefficient (Wildman–Crippen LogP) is 17.4. The van der Waals surface area contributed by atoms with Gasteiger partial charge in [0.15, 0.2) is 6.29 Å². The molecule has 11 heteroatoms. The van der Waals surface area contributed by atoms with E-state index in [0.29, 0.717) is 19.3 Å². The van der Waals surface area contributed by atoms with Gasteiger partial charge in [0, 0.05) is 0 Å². The van der Waals surface area contributed by atoms with Crippen LogP contribution in [0.15, 0.2) is 12.2 Å². The predicted molar refractivity (Wildman–Crippen MR) is 344 cm³/mol. The van der Waals surface area contributed by atoms with Crippen molar-refractivity contribution in [3.63, 3.8) is 0 Å². The van der Waals surface area contributed by atoms with Crippen LogP contribution in [0.5, 0.6) is 0 Å². The molecule has 8 N–H and O–H groups in total. The quantitative estimate of drug-likeness (QED) is 0.0215. The van der Waals surface area contributed by atoms with Crippen molar-refractivity contribution >= 4 is 5.91 Å². The largest absolute Gasteiger partial charge is 0.394 e. The third-order valence-electron chi connectivity index (χ3n) is 17.8. The minimum absolute atomic E-state index is 0.265. The molecular weight excluding hydrogens is 1030 g/mol. The third kappa shape index (κ3) is 47.0. The molecule has 1 amide bonds. The number of unbranched alkanes of at least 4 members (excludes halogenated alkanes) is 50. The number of aliphatic hydroxyl groups excluding tert-OH is 7. The van der Waals surface area contributed by atoms with E-state index in [1.165, 1.54) is 289 Å². The van der Waals surface area contributed by atoms with Crippen LogP contribution in [-0.2, 0) is 14.3 Å². The summed E-state index contributed by atoms with van der Waals surface area (Å²) >= 11 is 0. The first-order chi connectivity index (χ1) is 40.2. The number of nitrogens with one attached hydrogen (secondary N) is 1. The maximum atomic E-state index is 13.2. The van der Waals surface area contributed by atoms with Crippen molar-refractivity contribution in [3.05, 3.63) is 12.2 Å². The van der Waals surface area contributed by atoms with Gasteiger partial charge in [-0.3, -0.25) is 4.79 Å². The fourth-order valence-electron chi connectivity index (χ4n) is 12.0. The highest BCUT2D eigenvalue weighted by molar-refractivity contribution is 5.80. The Bertz CT molecular complexity index is 1340. The lowest BCUT2D eigenvalue weighted by Gasteiger charge is -2.40. The van der Waals surface area contributed by atoms with E-state index in [9.17, 15) is 40.5 Å². The highest BCUT2D eigenvalue weighted by atomic mass is 16.7. The highest BCUT2D eigenvalue weighted by Crippen LogP contribution is 2.24. The topological polar surface area (TPSA) is 189 Å². The number of amides is 1. The molecule has 0 spiro atoms.